The molecule has 58 heavy (non-hydrogen) atoms. The molecule has 5 unspecified atom stereocenters. The second-order valence-electron chi connectivity index (χ2n) is 17.3. The number of phenolic OH excluding ortho intramolecular Hbond substituents is 2. The quantitative estimate of drug-likeness (QED) is 0.0823. The first kappa shape index (κ1) is 46.6. The van der Waals surface area contributed by atoms with E-state index >= 15 is 0 Å². The number of nitrogens with one attached hydrogen (secondary N) is 1. The fourth-order valence-electron chi connectivity index (χ4n) is 9.10. The maximum atomic E-state index is 10.7. The van der Waals surface area contributed by atoms with E-state index in [0.717, 1.165) is 53.9 Å². The number of amidine groups is 1. The molecule has 316 valence electrons. The molecule has 2 aliphatic rings. The summed E-state index contributed by atoms with van der Waals surface area (Å²) >= 11 is 0. The van der Waals surface area contributed by atoms with Crippen LogP contribution in [0.4, 0.5) is 0 Å². The molecule has 0 aromatic heterocycles. The maximum absolute atomic E-state index is 10.7. The zero-order valence-corrected chi connectivity index (χ0v) is 37.5. The van der Waals surface area contributed by atoms with Gasteiger partial charge in [0.1, 0.15) is 17.3 Å². The number of para-hydroxylation sites is 2. The molecule has 1 aliphatic heterocycles. The molecule has 0 fully saturated rings. The summed E-state index contributed by atoms with van der Waals surface area (Å²) in [6, 6.07) is 15.0. The van der Waals surface area contributed by atoms with Crippen molar-refractivity contribution >= 4 is 17.1 Å². The minimum Gasteiger partial charge on any atom is -0.507 e. The molecule has 2 aromatic carbocycles. The maximum Gasteiger partial charge on any atom is 0.133 e. The van der Waals surface area contributed by atoms with Crippen LogP contribution in [0.3, 0.4) is 0 Å². The number of hydrogen-bond acceptors (Lipinski definition) is 4. The Morgan fingerprint density at radius 3 is 2.10 bits per heavy atom. The second kappa shape index (κ2) is 24.8. The van der Waals surface area contributed by atoms with Gasteiger partial charge in [0.05, 0.1) is 0 Å². The lowest BCUT2D eigenvalue weighted by Gasteiger charge is -2.31. The Labute approximate surface area is 354 Å². The molecule has 4 nitrogen and oxygen atoms in total. The summed E-state index contributed by atoms with van der Waals surface area (Å²) in [5.41, 5.74) is 8.64. The summed E-state index contributed by atoms with van der Waals surface area (Å²) in [6.45, 7) is 20.2. The predicted octanol–water partition coefficient (Wildman–Crippen LogP) is 15.7. The standard InChI is InChI=1S/C54H78N2O2/c1-9-12-13-14-15-16-17-18-19-29-47-37-44(10-2)27-26-30-46(47)28-20-23-33-51-42(7)41(6)50(40(5)36-39(4)48-31-21-24-34-52(48)57)38-45(11-3)54(56-51)55-43(8)49-32-22-25-35-53(49)58/h21-22,24-27,31-32,34-38,40-41,44,46,50,57-58H,8-20,23,28-30,33H2,1-7H3,(H,55,56)/b39-36?,45-38-,51-42?. The number of unbranched alkanes of at least 4 members (excludes halogenated alkanes) is 9. The van der Waals surface area contributed by atoms with Crippen LogP contribution in [-0.4, -0.2) is 16.0 Å². The van der Waals surface area contributed by atoms with Crippen molar-refractivity contribution in [2.24, 2.45) is 34.6 Å². The van der Waals surface area contributed by atoms with E-state index in [1.807, 2.05) is 36.4 Å². The van der Waals surface area contributed by atoms with Gasteiger partial charge in [-0.1, -0.05) is 165 Å². The van der Waals surface area contributed by atoms with Crippen LogP contribution in [0.25, 0.3) is 11.3 Å². The third-order valence-corrected chi connectivity index (χ3v) is 13.0. The molecule has 4 rings (SSSR count). The average Bonchev–Trinajstić information content (AvgIpc) is 3.42. The molecule has 2 aromatic rings. The molecule has 0 radical (unpaired) electrons. The van der Waals surface area contributed by atoms with Crippen molar-refractivity contribution in [3.8, 4) is 11.5 Å². The van der Waals surface area contributed by atoms with Gasteiger partial charge in [0.2, 0.25) is 0 Å². The molecule has 0 saturated heterocycles. The first-order valence-corrected chi connectivity index (χ1v) is 23.1. The van der Waals surface area contributed by atoms with Gasteiger partial charge in [-0.25, -0.2) is 4.99 Å². The number of nitrogens with zero attached hydrogens (tertiary/aromatic N) is 1. The monoisotopic (exact) mass is 787 g/mol. The van der Waals surface area contributed by atoms with E-state index in [0.29, 0.717) is 28.8 Å². The lowest BCUT2D eigenvalue weighted by molar-refractivity contribution is 0.395. The highest BCUT2D eigenvalue weighted by molar-refractivity contribution is 6.03. The summed E-state index contributed by atoms with van der Waals surface area (Å²) in [5, 5.41) is 24.9. The highest BCUT2D eigenvalue weighted by Crippen LogP contribution is 2.38. The lowest BCUT2D eigenvalue weighted by atomic mass is 9.76. The molecule has 4 heteroatoms. The molecule has 0 saturated carbocycles. The summed E-state index contributed by atoms with van der Waals surface area (Å²) in [6.07, 6.45) is 33.5. The van der Waals surface area contributed by atoms with Crippen molar-refractivity contribution < 1.29 is 10.2 Å². The smallest absolute Gasteiger partial charge is 0.133 e. The number of rotatable bonds is 22. The Bertz CT molecular complexity index is 1790. The first-order chi connectivity index (χ1) is 28.1. The van der Waals surface area contributed by atoms with E-state index in [-0.39, 0.29) is 23.5 Å². The van der Waals surface area contributed by atoms with Gasteiger partial charge < -0.3 is 15.5 Å². The molecule has 0 amide bonds. The molecule has 5 atom stereocenters. The van der Waals surface area contributed by atoms with Crippen molar-refractivity contribution in [3.63, 3.8) is 0 Å². The zero-order valence-electron chi connectivity index (χ0n) is 37.5. The summed E-state index contributed by atoms with van der Waals surface area (Å²) in [7, 11) is 0. The van der Waals surface area contributed by atoms with Crippen molar-refractivity contribution in [1.29, 1.82) is 0 Å². The SMILES string of the molecule is C=C(NC1=NC(CCCCC2CC=CC(CC)C=C2CCCCCCCCCCC)=C(C)C(C)C(C(C)C=C(C)c2ccccc2O)/C=C\1CC)c1ccccc1O. The third kappa shape index (κ3) is 14.1. The van der Waals surface area contributed by atoms with E-state index in [2.05, 4.69) is 90.7 Å². The van der Waals surface area contributed by atoms with Crippen molar-refractivity contribution in [2.45, 2.75) is 158 Å². The van der Waals surface area contributed by atoms with Crippen molar-refractivity contribution in [3.05, 3.63) is 119 Å². The number of allylic oxidation sites excluding steroid dienone is 9. The molecular formula is C54H78N2O2. The predicted molar refractivity (Wildman–Crippen MR) is 252 cm³/mol. The Morgan fingerprint density at radius 2 is 1.47 bits per heavy atom. The van der Waals surface area contributed by atoms with Gasteiger partial charge in [-0.2, -0.15) is 0 Å². The zero-order chi connectivity index (χ0) is 41.9. The number of phenols is 2. The topological polar surface area (TPSA) is 64.9 Å². The molecule has 0 bridgehead atoms. The number of aliphatic imine (C=N–C) groups is 1. The van der Waals surface area contributed by atoms with Gasteiger partial charge in [0.15, 0.2) is 0 Å². The number of hydrogen-bond donors (Lipinski definition) is 3. The summed E-state index contributed by atoms with van der Waals surface area (Å²) in [5.74, 6) is 3.24. The summed E-state index contributed by atoms with van der Waals surface area (Å²) in [4.78, 5) is 5.45. The Kier molecular flexibility index (Phi) is 19.9. The molecule has 3 N–H and O–H groups in total. The Hall–Kier alpha value is -4.05. The minimum atomic E-state index is 0.204. The van der Waals surface area contributed by atoms with E-state index in [1.165, 1.54) is 89.0 Å². The van der Waals surface area contributed by atoms with Crippen LogP contribution in [0, 0.1) is 29.6 Å². The first-order valence-electron chi connectivity index (χ1n) is 23.1. The third-order valence-electron chi connectivity index (χ3n) is 13.0. The Balaban J connectivity index is 1.53. The molecule has 0 spiro atoms. The highest BCUT2D eigenvalue weighted by Gasteiger charge is 2.28. The van der Waals surface area contributed by atoms with Crippen LogP contribution in [0.15, 0.2) is 113 Å². The van der Waals surface area contributed by atoms with Crippen LogP contribution < -0.4 is 5.32 Å². The fourth-order valence-corrected chi connectivity index (χ4v) is 9.10. The van der Waals surface area contributed by atoms with Crippen molar-refractivity contribution in [1.82, 2.24) is 5.32 Å². The number of benzene rings is 2. The molecular weight excluding hydrogens is 709 g/mol. The van der Waals surface area contributed by atoms with Gasteiger partial charge >= 0.3 is 0 Å². The minimum absolute atomic E-state index is 0.204. The molecule has 1 heterocycles. The number of aromatic hydroxyl groups is 2. The summed E-state index contributed by atoms with van der Waals surface area (Å²) < 4.78 is 0. The molecule has 1 aliphatic carbocycles. The van der Waals surface area contributed by atoms with Gasteiger partial charge in [0, 0.05) is 22.5 Å². The van der Waals surface area contributed by atoms with E-state index in [9.17, 15) is 10.2 Å². The van der Waals surface area contributed by atoms with Crippen LogP contribution >= 0.6 is 0 Å². The normalized spacial score (nSPS) is 21.6. The second-order valence-corrected chi connectivity index (χ2v) is 17.3. The van der Waals surface area contributed by atoms with Crippen LogP contribution in [0.1, 0.15) is 169 Å². The lowest BCUT2D eigenvalue weighted by Crippen LogP contribution is -2.28. The van der Waals surface area contributed by atoms with E-state index in [4.69, 9.17) is 4.99 Å². The van der Waals surface area contributed by atoms with E-state index in [1.54, 1.807) is 17.7 Å². The van der Waals surface area contributed by atoms with Crippen LogP contribution in [0.2, 0.25) is 0 Å². The fraction of sp³-hybridized carbons (Fsp3) is 0.537. The Morgan fingerprint density at radius 1 is 0.845 bits per heavy atom. The van der Waals surface area contributed by atoms with Gasteiger partial charge in [-0.05, 0) is 130 Å². The van der Waals surface area contributed by atoms with Crippen LogP contribution in [0.5, 0.6) is 11.5 Å². The van der Waals surface area contributed by atoms with Gasteiger partial charge in [-0.15, -0.1) is 0 Å². The van der Waals surface area contributed by atoms with E-state index < -0.39 is 0 Å². The van der Waals surface area contributed by atoms with Crippen molar-refractivity contribution in [2.75, 3.05) is 0 Å². The average molecular weight is 787 g/mol. The van der Waals surface area contributed by atoms with Gasteiger partial charge in [-0.3, -0.25) is 0 Å². The van der Waals surface area contributed by atoms with Gasteiger partial charge in [0.25, 0.3) is 0 Å². The van der Waals surface area contributed by atoms with Crippen LogP contribution in [-0.2, 0) is 0 Å². The largest absolute Gasteiger partial charge is 0.507 e. The highest BCUT2D eigenvalue weighted by atomic mass is 16.3.